The fraction of sp³-hybridized carbons (Fsp3) is 0.0417. The quantitative estimate of drug-likeness (QED) is 0.450. The van der Waals surface area contributed by atoms with Crippen molar-refractivity contribution in [3.63, 3.8) is 0 Å². The van der Waals surface area contributed by atoms with Gasteiger partial charge in [0.15, 0.2) is 0 Å². The number of phenolic OH excluding ortho intramolecular Hbond substituents is 1. The summed E-state index contributed by atoms with van der Waals surface area (Å²) in [6.07, 6.45) is 7.84. The van der Waals surface area contributed by atoms with E-state index < -0.39 is 5.97 Å². The highest BCUT2D eigenvalue weighted by Gasteiger charge is 2.06. The third-order valence-corrected chi connectivity index (χ3v) is 5.02. The summed E-state index contributed by atoms with van der Waals surface area (Å²) in [6, 6.07) is 18.5. The molecule has 0 unspecified atom stereocenters. The highest BCUT2D eigenvalue weighted by molar-refractivity contribution is 9.10. The number of phenols is 1. The lowest BCUT2D eigenvalue weighted by atomic mass is 10.0. The monoisotopic (exact) mass is 434 g/mol. The number of carboxylic acids is 1. The fourth-order valence-electron chi connectivity index (χ4n) is 2.72. The second-order valence-corrected chi connectivity index (χ2v) is 7.27. The Bertz CT molecular complexity index is 1060. The van der Waals surface area contributed by atoms with E-state index in [-0.39, 0.29) is 5.75 Å². The zero-order valence-electron chi connectivity index (χ0n) is 15.3. The van der Waals surface area contributed by atoms with E-state index in [0.29, 0.717) is 5.56 Å². The summed E-state index contributed by atoms with van der Waals surface area (Å²) in [7, 11) is 0. The fourth-order valence-corrected chi connectivity index (χ4v) is 3.25. The van der Waals surface area contributed by atoms with Gasteiger partial charge in [0.1, 0.15) is 5.75 Å². The predicted molar refractivity (Wildman–Crippen MR) is 118 cm³/mol. The van der Waals surface area contributed by atoms with Crippen molar-refractivity contribution in [2.75, 3.05) is 0 Å². The minimum absolute atomic E-state index is 0.250. The molecule has 0 aromatic heterocycles. The Labute approximate surface area is 172 Å². The SMILES string of the molecule is Cc1ccc(/C=C/c2ccc(/C=C/c3ccc(O)cc3)cc2Br)cc1C(=O)O. The van der Waals surface area contributed by atoms with Gasteiger partial charge in [-0.15, -0.1) is 0 Å². The van der Waals surface area contributed by atoms with Gasteiger partial charge in [-0.3, -0.25) is 0 Å². The maximum Gasteiger partial charge on any atom is 0.335 e. The Hall–Kier alpha value is -3.11. The molecule has 2 N–H and O–H groups in total. The molecule has 0 radical (unpaired) electrons. The molecule has 0 atom stereocenters. The van der Waals surface area contributed by atoms with E-state index in [9.17, 15) is 15.0 Å². The molecule has 0 fully saturated rings. The number of carbonyl (C=O) groups is 1. The average molecular weight is 435 g/mol. The summed E-state index contributed by atoms with van der Waals surface area (Å²) in [5.41, 5.74) is 4.95. The molecule has 0 bridgehead atoms. The Morgan fingerprint density at radius 1 is 0.821 bits per heavy atom. The van der Waals surface area contributed by atoms with E-state index >= 15 is 0 Å². The molecule has 3 rings (SSSR count). The molecule has 140 valence electrons. The first-order valence-electron chi connectivity index (χ1n) is 8.71. The maximum absolute atomic E-state index is 11.3. The Balaban J connectivity index is 1.77. The lowest BCUT2D eigenvalue weighted by Gasteiger charge is -2.03. The molecular formula is C24H19BrO3. The molecule has 28 heavy (non-hydrogen) atoms. The molecule has 0 aliphatic carbocycles. The smallest absolute Gasteiger partial charge is 0.335 e. The van der Waals surface area contributed by atoms with Crippen LogP contribution in [-0.4, -0.2) is 16.2 Å². The number of aromatic carboxylic acids is 1. The highest BCUT2D eigenvalue weighted by Crippen LogP contribution is 2.23. The van der Waals surface area contributed by atoms with Gasteiger partial charge in [0, 0.05) is 4.47 Å². The molecular weight excluding hydrogens is 416 g/mol. The minimum atomic E-state index is -0.918. The molecule has 0 aliphatic rings. The third-order valence-electron chi connectivity index (χ3n) is 4.33. The van der Waals surface area contributed by atoms with Crippen LogP contribution in [0.3, 0.4) is 0 Å². The van der Waals surface area contributed by atoms with E-state index in [2.05, 4.69) is 15.9 Å². The summed E-state index contributed by atoms with van der Waals surface area (Å²) < 4.78 is 0.946. The average Bonchev–Trinajstić information content (AvgIpc) is 2.67. The molecule has 3 nitrogen and oxygen atoms in total. The van der Waals surface area contributed by atoms with Gasteiger partial charge < -0.3 is 10.2 Å². The largest absolute Gasteiger partial charge is 0.508 e. The van der Waals surface area contributed by atoms with Crippen molar-refractivity contribution in [1.29, 1.82) is 0 Å². The van der Waals surface area contributed by atoms with Crippen LogP contribution in [0.1, 0.15) is 38.2 Å². The number of hydrogen-bond donors (Lipinski definition) is 2. The highest BCUT2D eigenvalue weighted by atomic mass is 79.9. The van der Waals surface area contributed by atoms with Crippen molar-refractivity contribution in [1.82, 2.24) is 0 Å². The van der Waals surface area contributed by atoms with Gasteiger partial charge in [0.05, 0.1) is 5.56 Å². The second-order valence-electron chi connectivity index (χ2n) is 6.42. The number of hydrogen-bond acceptors (Lipinski definition) is 2. The lowest BCUT2D eigenvalue weighted by molar-refractivity contribution is 0.0696. The molecule has 0 aliphatic heterocycles. The zero-order valence-corrected chi connectivity index (χ0v) is 16.8. The third kappa shape index (κ3) is 4.99. The Morgan fingerprint density at radius 2 is 1.39 bits per heavy atom. The summed E-state index contributed by atoms with van der Waals surface area (Å²) in [5, 5.41) is 18.6. The van der Waals surface area contributed by atoms with E-state index in [1.807, 2.05) is 66.8 Å². The van der Waals surface area contributed by atoms with Crippen LogP contribution in [0.5, 0.6) is 5.75 Å². The molecule has 0 heterocycles. The van der Waals surface area contributed by atoms with Crippen molar-refractivity contribution in [3.8, 4) is 5.75 Å². The molecule has 0 saturated carbocycles. The van der Waals surface area contributed by atoms with Crippen LogP contribution >= 0.6 is 15.9 Å². The van der Waals surface area contributed by atoms with Crippen LogP contribution in [0, 0.1) is 6.92 Å². The molecule has 0 saturated heterocycles. The Kier molecular flexibility index (Phi) is 6.12. The van der Waals surface area contributed by atoms with E-state index in [1.54, 1.807) is 25.1 Å². The molecule has 4 heteroatoms. The van der Waals surface area contributed by atoms with Crippen LogP contribution in [-0.2, 0) is 0 Å². The standard InChI is InChI=1S/C24H19BrO3/c1-16-2-3-18(14-22(16)24(27)28)6-10-20-11-7-19(15-23(20)25)5-4-17-8-12-21(26)13-9-17/h2-15,26H,1H3,(H,27,28)/b5-4+,10-6+. The molecule has 0 amide bonds. The van der Waals surface area contributed by atoms with Crippen LogP contribution in [0.2, 0.25) is 0 Å². The molecule has 3 aromatic carbocycles. The van der Waals surface area contributed by atoms with Crippen molar-refractivity contribution in [3.05, 3.63) is 98.5 Å². The van der Waals surface area contributed by atoms with Gasteiger partial charge in [-0.25, -0.2) is 4.79 Å². The number of rotatable bonds is 5. The van der Waals surface area contributed by atoms with E-state index in [0.717, 1.165) is 32.3 Å². The first-order valence-corrected chi connectivity index (χ1v) is 9.50. The van der Waals surface area contributed by atoms with E-state index in [1.165, 1.54) is 0 Å². The summed E-state index contributed by atoms with van der Waals surface area (Å²) in [4.78, 5) is 11.3. The van der Waals surface area contributed by atoms with E-state index in [4.69, 9.17) is 0 Å². The van der Waals surface area contributed by atoms with Crippen LogP contribution in [0.4, 0.5) is 0 Å². The number of aromatic hydroxyl groups is 1. The topological polar surface area (TPSA) is 57.5 Å². The summed E-state index contributed by atoms with van der Waals surface area (Å²) in [5.74, 6) is -0.668. The first kappa shape index (κ1) is 19.6. The number of halogens is 1. The molecule has 3 aromatic rings. The lowest BCUT2D eigenvalue weighted by Crippen LogP contribution is -1.99. The predicted octanol–water partition coefficient (Wildman–Crippen LogP) is 6.50. The first-order chi connectivity index (χ1) is 13.4. The minimum Gasteiger partial charge on any atom is -0.508 e. The Morgan fingerprint density at radius 3 is 2.07 bits per heavy atom. The van der Waals surface area contributed by atoms with Gasteiger partial charge in [-0.2, -0.15) is 0 Å². The van der Waals surface area contributed by atoms with Crippen molar-refractivity contribution < 1.29 is 15.0 Å². The van der Waals surface area contributed by atoms with Crippen LogP contribution in [0.25, 0.3) is 24.3 Å². The molecule has 0 spiro atoms. The summed E-state index contributed by atoms with van der Waals surface area (Å²) >= 11 is 3.59. The van der Waals surface area contributed by atoms with Gasteiger partial charge in [0.2, 0.25) is 0 Å². The van der Waals surface area contributed by atoms with Gasteiger partial charge in [-0.05, 0) is 59.0 Å². The number of benzene rings is 3. The maximum atomic E-state index is 11.3. The van der Waals surface area contributed by atoms with Crippen LogP contribution < -0.4 is 0 Å². The van der Waals surface area contributed by atoms with Crippen molar-refractivity contribution in [2.45, 2.75) is 6.92 Å². The van der Waals surface area contributed by atoms with Gasteiger partial charge in [-0.1, -0.05) is 76.6 Å². The zero-order chi connectivity index (χ0) is 20.1. The number of carboxylic acid groups (broad SMARTS) is 1. The van der Waals surface area contributed by atoms with Crippen LogP contribution in [0.15, 0.2) is 65.1 Å². The van der Waals surface area contributed by atoms with Gasteiger partial charge >= 0.3 is 5.97 Å². The number of aryl methyl sites for hydroxylation is 1. The second kappa shape index (κ2) is 8.72. The summed E-state index contributed by atoms with van der Waals surface area (Å²) in [6.45, 7) is 1.79. The van der Waals surface area contributed by atoms with Crippen molar-refractivity contribution >= 4 is 46.2 Å². The van der Waals surface area contributed by atoms with Gasteiger partial charge in [0.25, 0.3) is 0 Å². The van der Waals surface area contributed by atoms with Crippen molar-refractivity contribution in [2.24, 2.45) is 0 Å². The normalized spacial score (nSPS) is 11.4.